The fourth-order valence-electron chi connectivity index (χ4n) is 3.59. The predicted octanol–water partition coefficient (Wildman–Crippen LogP) is 3.52. The molecule has 1 aliphatic heterocycles. The molecule has 0 saturated carbocycles. The van der Waals surface area contributed by atoms with Crippen LogP contribution in [0.4, 0.5) is 5.13 Å². The zero-order valence-corrected chi connectivity index (χ0v) is 18.4. The number of carbonyl (C=O) groups excluding carboxylic acids is 2. The average Bonchev–Trinajstić information content (AvgIpc) is 3.44. The van der Waals surface area contributed by atoms with E-state index >= 15 is 0 Å². The Balaban J connectivity index is 1.46. The minimum absolute atomic E-state index is 0.228. The summed E-state index contributed by atoms with van der Waals surface area (Å²) in [5.74, 6) is 0.622. The Bertz CT molecular complexity index is 1160. The molecule has 2 aromatic heterocycles. The van der Waals surface area contributed by atoms with Crippen LogP contribution >= 0.6 is 11.3 Å². The number of nitrogens with two attached hydrogens (primary N) is 1. The maximum atomic E-state index is 12.8. The van der Waals surface area contributed by atoms with Gasteiger partial charge in [-0.1, -0.05) is 24.3 Å². The molecule has 4 rings (SSSR count). The van der Waals surface area contributed by atoms with Crippen LogP contribution in [0.25, 0.3) is 0 Å². The first kappa shape index (κ1) is 20.9. The molecular formula is C22H23N3O5S. The lowest BCUT2D eigenvalue weighted by atomic mass is 10.1. The van der Waals surface area contributed by atoms with Gasteiger partial charge in [0.05, 0.1) is 5.69 Å². The molecule has 0 aliphatic carbocycles. The predicted molar refractivity (Wildman–Crippen MR) is 116 cm³/mol. The summed E-state index contributed by atoms with van der Waals surface area (Å²) in [4.78, 5) is 29.6. The van der Waals surface area contributed by atoms with Gasteiger partial charge in [0.25, 0.3) is 0 Å². The minimum atomic E-state index is -0.575. The number of nitrogens with zero attached hydrogens (tertiary/aromatic N) is 2. The van der Waals surface area contributed by atoms with Crippen molar-refractivity contribution in [2.75, 3.05) is 19.1 Å². The summed E-state index contributed by atoms with van der Waals surface area (Å²) in [6.45, 7) is 6.18. The molecule has 0 unspecified atom stereocenters. The highest BCUT2D eigenvalue weighted by Crippen LogP contribution is 2.33. The third-order valence-electron chi connectivity index (χ3n) is 5.22. The molecule has 2 N–H and O–H groups in total. The standard InChI is InChI=1S/C22H23N3O5S/c1-4-16-20(31-22(23)24-16)21(27)28-10-17(26)15-7-12(2)25(13(15)3)9-14-5-6-18-19(8-14)30-11-29-18/h5-8H,4,9-11H2,1-3H3,(H2,23,24). The number of esters is 1. The van der Waals surface area contributed by atoms with Crippen molar-refractivity contribution in [3.05, 3.63) is 57.4 Å². The number of nitrogen functional groups attached to an aromatic ring is 1. The third-order valence-corrected chi connectivity index (χ3v) is 6.13. The molecule has 0 amide bonds. The molecule has 0 saturated heterocycles. The fraction of sp³-hybridized carbons (Fsp3) is 0.318. The lowest BCUT2D eigenvalue weighted by Gasteiger charge is -2.11. The second-order valence-electron chi connectivity index (χ2n) is 7.24. The molecule has 0 spiro atoms. The zero-order valence-electron chi connectivity index (χ0n) is 17.6. The van der Waals surface area contributed by atoms with Crippen LogP contribution in [0.5, 0.6) is 11.5 Å². The summed E-state index contributed by atoms with van der Waals surface area (Å²) in [6.07, 6.45) is 0.563. The van der Waals surface area contributed by atoms with E-state index in [2.05, 4.69) is 4.98 Å². The molecule has 3 heterocycles. The Kier molecular flexibility index (Phi) is 5.69. The van der Waals surface area contributed by atoms with E-state index < -0.39 is 5.97 Å². The van der Waals surface area contributed by atoms with Crippen molar-refractivity contribution in [3.63, 3.8) is 0 Å². The first-order chi connectivity index (χ1) is 14.9. The second kappa shape index (κ2) is 8.43. The van der Waals surface area contributed by atoms with E-state index in [9.17, 15) is 9.59 Å². The summed E-state index contributed by atoms with van der Waals surface area (Å²) >= 11 is 1.07. The number of ketones is 1. The first-order valence-corrected chi connectivity index (χ1v) is 10.7. The van der Waals surface area contributed by atoms with E-state index in [0.29, 0.717) is 34.2 Å². The number of anilines is 1. The highest BCUT2D eigenvalue weighted by Gasteiger charge is 2.21. The lowest BCUT2D eigenvalue weighted by molar-refractivity contribution is 0.0478. The van der Waals surface area contributed by atoms with Gasteiger partial charge in [-0.25, -0.2) is 9.78 Å². The van der Waals surface area contributed by atoms with Gasteiger partial charge >= 0.3 is 5.97 Å². The Morgan fingerprint density at radius 2 is 2.00 bits per heavy atom. The highest BCUT2D eigenvalue weighted by molar-refractivity contribution is 7.17. The maximum absolute atomic E-state index is 12.8. The van der Waals surface area contributed by atoms with Gasteiger partial charge in [-0.15, -0.1) is 0 Å². The van der Waals surface area contributed by atoms with E-state index in [1.165, 1.54) is 0 Å². The number of rotatable bonds is 7. The quantitative estimate of drug-likeness (QED) is 0.442. The lowest BCUT2D eigenvalue weighted by Crippen LogP contribution is -2.15. The third kappa shape index (κ3) is 4.13. The van der Waals surface area contributed by atoms with Gasteiger partial charge in [0.1, 0.15) is 4.88 Å². The van der Waals surface area contributed by atoms with Crippen LogP contribution in [0.3, 0.4) is 0 Å². The van der Waals surface area contributed by atoms with E-state index in [4.69, 9.17) is 19.9 Å². The molecule has 0 atom stereocenters. The summed E-state index contributed by atoms with van der Waals surface area (Å²) in [7, 11) is 0. The van der Waals surface area contributed by atoms with Gasteiger partial charge in [0.2, 0.25) is 12.6 Å². The highest BCUT2D eigenvalue weighted by atomic mass is 32.1. The normalized spacial score (nSPS) is 12.2. The van der Waals surface area contributed by atoms with Gasteiger partial charge < -0.3 is 24.5 Å². The summed E-state index contributed by atoms with van der Waals surface area (Å²) in [5, 5.41) is 0.308. The van der Waals surface area contributed by atoms with Crippen molar-refractivity contribution in [2.45, 2.75) is 33.7 Å². The molecular weight excluding hydrogens is 418 g/mol. The van der Waals surface area contributed by atoms with Crippen LogP contribution in [0.2, 0.25) is 0 Å². The Labute approximate surface area is 183 Å². The number of hydrogen-bond donors (Lipinski definition) is 1. The Morgan fingerprint density at radius 3 is 2.77 bits per heavy atom. The molecule has 8 nitrogen and oxygen atoms in total. The largest absolute Gasteiger partial charge is 0.454 e. The van der Waals surface area contributed by atoms with Crippen LogP contribution in [-0.2, 0) is 17.7 Å². The van der Waals surface area contributed by atoms with Crippen LogP contribution in [0, 0.1) is 13.8 Å². The number of thiazole rings is 1. The van der Waals surface area contributed by atoms with Gasteiger partial charge in [0.15, 0.2) is 23.2 Å². The van der Waals surface area contributed by atoms with Crippen LogP contribution in [0.1, 0.15) is 49.6 Å². The van der Waals surface area contributed by atoms with Crippen molar-refractivity contribution in [3.8, 4) is 11.5 Å². The van der Waals surface area contributed by atoms with E-state index in [1.807, 2.05) is 49.6 Å². The van der Waals surface area contributed by atoms with Crippen LogP contribution < -0.4 is 15.2 Å². The Hall–Kier alpha value is -3.33. The SMILES string of the molecule is CCc1nc(N)sc1C(=O)OCC(=O)c1cc(C)n(Cc2ccc3c(c2)OCO3)c1C. The molecule has 0 radical (unpaired) electrons. The summed E-state index contributed by atoms with van der Waals surface area (Å²) < 4.78 is 18.1. The van der Waals surface area contributed by atoms with Crippen molar-refractivity contribution in [2.24, 2.45) is 0 Å². The summed E-state index contributed by atoms with van der Waals surface area (Å²) in [6, 6.07) is 7.62. The molecule has 1 aromatic carbocycles. The van der Waals surface area contributed by atoms with Gasteiger partial charge in [-0.05, 0) is 44.0 Å². The van der Waals surface area contributed by atoms with E-state index in [0.717, 1.165) is 39.8 Å². The van der Waals surface area contributed by atoms with Gasteiger partial charge in [-0.2, -0.15) is 0 Å². The monoisotopic (exact) mass is 441 g/mol. The number of benzene rings is 1. The van der Waals surface area contributed by atoms with Crippen LogP contribution in [-0.4, -0.2) is 34.7 Å². The smallest absolute Gasteiger partial charge is 0.350 e. The van der Waals surface area contributed by atoms with Crippen LogP contribution in [0.15, 0.2) is 24.3 Å². The molecule has 1 aliphatic rings. The van der Waals surface area contributed by atoms with Gasteiger partial charge in [0, 0.05) is 23.5 Å². The number of Topliss-reactive ketones (excluding diaryl/α,β-unsaturated/α-hetero) is 1. The zero-order chi connectivity index (χ0) is 22.1. The molecule has 9 heteroatoms. The van der Waals surface area contributed by atoms with Gasteiger partial charge in [-0.3, -0.25) is 4.79 Å². The number of fused-ring (bicyclic) bond motifs is 1. The van der Waals surface area contributed by atoms with E-state index in [1.54, 1.807) is 0 Å². The van der Waals surface area contributed by atoms with Crippen molar-refractivity contribution < 1.29 is 23.8 Å². The second-order valence-corrected chi connectivity index (χ2v) is 8.27. The topological polar surface area (TPSA) is 106 Å². The number of aryl methyl sites for hydroxylation is 2. The number of carbonyl (C=O) groups is 2. The fourth-order valence-corrected chi connectivity index (χ4v) is 4.41. The first-order valence-electron chi connectivity index (χ1n) is 9.88. The minimum Gasteiger partial charge on any atom is -0.454 e. The molecule has 162 valence electrons. The van der Waals surface area contributed by atoms with Crippen molar-refractivity contribution in [1.29, 1.82) is 0 Å². The maximum Gasteiger partial charge on any atom is 0.350 e. The molecule has 0 bridgehead atoms. The van der Waals surface area contributed by atoms with Crippen molar-refractivity contribution in [1.82, 2.24) is 9.55 Å². The molecule has 3 aromatic rings. The number of ether oxygens (including phenoxy) is 3. The van der Waals surface area contributed by atoms with Crippen molar-refractivity contribution >= 4 is 28.2 Å². The molecule has 31 heavy (non-hydrogen) atoms. The number of hydrogen-bond acceptors (Lipinski definition) is 8. The van der Waals surface area contributed by atoms with E-state index in [-0.39, 0.29) is 19.2 Å². The summed E-state index contributed by atoms with van der Waals surface area (Å²) in [5.41, 5.74) is 9.59. The molecule has 0 fully saturated rings. The number of aromatic nitrogens is 2. The average molecular weight is 442 g/mol. The Morgan fingerprint density at radius 1 is 1.23 bits per heavy atom.